The molecule has 18 heavy (non-hydrogen) atoms. The number of hydrogen-bond acceptors (Lipinski definition) is 4. The van der Waals surface area contributed by atoms with E-state index in [2.05, 4.69) is 25.9 Å². The van der Waals surface area contributed by atoms with Crippen LogP contribution < -0.4 is 10.5 Å². The number of anilines is 1. The van der Waals surface area contributed by atoms with Gasteiger partial charge >= 0.3 is 0 Å². The number of aryl methyl sites for hydroxylation is 1. The molecule has 0 spiro atoms. The molecule has 6 heteroatoms. The molecule has 0 amide bonds. The molecule has 0 saturated carbocycles. The van der Waals surface area contributed by atoms with Gasteiger partial charge in [-0.2, -0.15) is 5.10 Å². The van der Waals surface area contributed by atoms with E-state index in [-0.39, 0.29) is 5.56 Å². The van der Waals surface area contributed by atoms with Crippen LogP contribution in [0, 0.1) is 0 Å². The lowest BCUT2D eigenvalue weighted by Crippen LogP contribution is -2.27. The summed E-state index contributed by atoms with van der Waals surface area (Å²) >= 11 is 3.34. The average Bonchev–Trinajstić information content (AvgIpc) is 2.87. The van der Waals surface area contributed by atoms with E-state index in [1.54, 1.807) is 25.8 Å². The van der Waals surface area contributed by atoms with Gasteiger partial charge in [0, 0.05) is 25.7 Å². The van der Waals surface area contributed by atoms with Gasteiger partial charge in [0.2, 0.25) is 0 Å². The maximum atomic E-state index is 11.8. The van der Waals surface area contributed by atoms with E-state index in [1.165, 1.54) is 4.68 Å². The fourth-order valence-electron chi connectivity index (χ4n) is 1.69. The highest BCUT2D eigenvalue weighted by Crippen LogP contribution is 2.23. The van der Waals surface area contributed by atoms with Gasteiger partial charge in [-0.3, -0.25) is 4.79 Å². The molecule has 0 aliphatic heterocycles. The summed E-state index contributed by atoms with van der Waals surface area (Å²) in [7, 11) is 1.63. The zero-order valence-electron chi connectivity index (χ0n) is 10.3. The van der Waals surface area contributed by atoms with Crippen LogP contribution in [0.1, 0.15) is 12.5 Å². The second-order valence-corrected chi connectivity index (χ2v) is 4.71. The Bertz CT molecular complexity index is 578. The highest BCUT2D eigenvalue weighted by Gasteiger charge is 2.13. The summed E-state index contributed by atoms with van der Waals surface area (Å²) in [6, 6.07) is 1.91. The van der Waals surface area contributed by atoms with Crippen LogP contribution >= 0.6 is 15.9 Å². The molecule has 2 aromatic heterocycles. The van der Waals surface area contributed by atoms with E-state index < -0.39 is 0 Å². The third kappa shape index (κ3) is 2.48. The first-order valence-corrected chi connectivity index (χ1v) is 6.40. The average molecular weight is 312 g/mol. The van der Waals surface area contributed by atoms with Gasteiger partial charge in [0.15, 0.2) is 0 Å². The second kappa shape index (κ2) is 5.39. The smallest absolute Gasteiger partial charge is 0.282 e. The number of nitrogens with zero attached hydrogens (tertiary/aromatic N) is 3. The lowest BCUT2D eigenvalue weighted by atomic mass is 10.3. The van der Waals surface area contributed by atoms with E-state index in [4.69, 9.17) is 4.42 Å². The summed E-state index contributed by atoms with van der Waals surface area (Å²) < 4.78 is 6.89. The number of furan rings is 1. The van der Waals surface area contributed by atoms with E-state index in [9.17, 15) is 4.79 Å². The van der Waals surface area contributed by atoms with Crippen molar-refractivity contribution in [3.05, 3.63) is 45.2 Å². The zero-order chi connectivity index (χ0) is 13.1. The predicted molar refractivity (Wildman–Crippen MR) is 72.6 cm³/mol. The van der Waals surface area contributed by atoms with Crippen LogP contribution in [0.3, 0.4) is 0 Å². The lowest BCUT2D eigenvalue weighted by molar-refractivity contribution is 0.563. The number of halogens is 1. The van der Waals surface area contributed by atoms with Crippen LogP contribution in [0.25, 0.3) is 0 Å². The van der Waals surface area contributed by atoms with E-state index in [0.717, 1.165) is 17.8 Å². The normalized spacial score (nSPS) is 10.6. The summed E-state index contributed by atoms with van der Waals surface area (Å²) in [5.74, 6) is 0. The number of rotatable bonds is 4. The molecule has 96 valence electrons. The zero-order valence-corrected chi connectivity index (χ0v) is 11.8. The van der Waals surface area contributed by atoms with Crippen LogP contribution in [0.15, 0.2) is 38.5 Å². The second-order valence-electron chi connectivity index (χ2n) is 3.92. The van der Waals surface area contributed by atoms with Crippen molar-refractivity contribution >= 4 is 21.6 Å². The third-order valence-electron chi connectivity index (χ3n) is 2.74. The first-order chi connectivity index (χ1) is 8.63. The Labute approximate surface area is 113 Å². The number of aromatic nitrogens is 2. The first-order valence-electron chi connectivity index (χ1n) is 5.61. The van der Waals surface area contributed by atoms with Crippen molar-refractivity contribution in [1.29, 1.82) is 0 Å². The molecular formula is C12H14BrN3O2. The van der Waals surface area contributed by atoms with Crippen molar-refractivity contribution < 1.29 is 4.42 Å². The molecule has 2 aromatic rings. The van der Waals surface area contributed by atoms with Crippen molar-refractivity contribution in [3.63, 3.8) is 0 Å². The summed E-state index contributed by atoms with van der Waals surface area (Å²) in [5, 5.41) is 4.05. The summed E-state index contributed by atoms with van der Waals surface area (Å²) in [6.45, 7) is 3.49. The molecule has 0 radical (unpaired) electrons. The van der Waals surface area contributed by atoms with Crippen LogP contribution in [0.2, 0.25) is 0 Å². The Kier molecular flexibility index (Phi) is 3.86. The van der Waals surface area contributed by atoms with Crippen molar-refractivity contribution in [1.82, 2.24) is 9.78 Å². The molecule has 2 heterocycles. The van der Waals surface area contributed by atoms with E-state index in [1.807, 2.05) is 13.0 Å². The van der Waals surface area contributed by atoms with Crippen molar-refractivity contribution in [3.8, 4) is 0 Å². The molecule has 0 N–H and O–H groups in total. The molecule has 0 unspecified atom stereocenters. The van der Waals surface area contributed by atoms with Crippen molar-refractivity contribution in [2.45, 2.75) is 13.5 Å². The molecule has 5 nitrogen and oxygen atoms in total. The van der Waals surface area contributed by atoms with Gasteiger partial charge in [0.1, 0.15) is 4.47 Å². The van der Waals surface area contributed by atoms with Crippen molar-refractivity contribution in [2.24, 2.45) is 7.05 Å². The maximum absolute atomic E-state index is 11.8. The van der Waals surface area contributed by atoms with Crippen molar-refractivity contribution in [2.75, 3.05) is 11.4 Å². The molecule has 0 bridgehead atoms. The first kappa shape index (κ1) is 12.9. The monoisotopic (exact) mass is 311 g/mol. The van der Waals surface area contributed by atoms with Crippen LogP contribution in [-0.2, 0) is 13.6 Å². The fourth-order valence-corrected chi connectivity index (χ4v) is 2.30. The Balaban J connectivity index is 2.33. The molecule has 0 aliphatic rings. The summed E-state index contributed by atoms with van der Waals surface area (Å²) in [5.41, 5.74) is 1.71. The summed E-state index contributed by atoms with van der Waals surface area (Å²) in [4.78, 5) is 13.9. The van der Waals surface area contributed by atoms with E-state index in [0.29, 0.717) is 11.0 Å². The van der Waals surface area contributed by atoms with Gasteiger partial charge in [-0.05, 0) is 28.9 Å². The van der Waals surface area contributed by atoms with Gasteiger partial charge in [0.05, 0.1) is 24.4 Å². The Morgan fingerprint density at radius 2 is 2.33 bits per heavy atom. The Hall–Kier alpha value is -1.56. The molecule has 0 atom stereocenters. The topological polar surface area (TPSA) is 51.3 Å². The standard InChI is InChI=1S/C12H14BrN3O2/c1-3-16(7-9-4-5-18-8-9)10-6-14-15(2)12(17)11(10)13/h4-6,8H,3,7H2,1-2H3. The van der Waals surface area contributed by atoms with Gasteiger partial charge in [-0.25, -0.2) is 4.68 Å². The van der Waals surface area contributed by atoms with Crippen LogP contribution in [-0.4, -0.2) is 16.3 Å². The fraction of sp³-hybridized carbons (Fsp3) is 0.333. The minimum Gasteiger partial charge on any atom is -0.472 e. The highest BCUT2D eigenvalue weighted by atomic mass is 79.9. The molecule has 2 rings (SSSR count). The van der Waals surface area contributed by atoms with Gasteiger partial charge in [-0.1, -0.05) is 0 Å². The van der Waals surface area contributed by atoms with Gasteiger partial charge in [0.25, 0.3) is 5.56 Å². The quantitative estimate of drug-likeness (QED) is 0.868. The van der Waals surface area contributed by atoms with Crippen LogP contribution in [0.4, 0.5) is 5.69 Å². The highest BCUT2D eigenvalue weighted by molar-refractivity contribution is 9.10. The maximum Gasteiger partial charge on any atom is 0.282 e. The minimum absolute atomic E-state index is 0.141. The molecule has 0 aliphatic carbocycles. The summed E-state index contributed by atoms with van der Waals surface area (Å²) in [6.07, 6.45) is 5.03. The predicted octanol–water partition coefficient (Wildman–Crippen LogP) is 2.16. The molecule has 0 aromatic carbocycles. The van der Waals surface area contributed by atoms with Gasteiger partial charge in [-0.15, -0.1) is 0 Å². The lowest BCUT2D eigenvalue weighted by Gasteiger charge is -2.23. The molecule has 0 fully saturated rings. The van der Waals surface area contributed by atoms with Crippen LogP contribution in [0.5, 0.6) is 0 Å². The number of hydrogen-bond donors (Lipinski definition) is 0. The van der Waals surface area contributed by atoms with Gasteiger partial charge < -0.3 is 9.32 Å². The largest absolute Gasteiger partial charge is 0.472 e. The Morgan fingerprint density at radius 1 is 1.56 bits per heavy atom. The van der Waals surface area contributed by atoms with E-state index >= 15 is 0 Å². The minimum atomic E-state index is -0.141. The SMILES string of the molecule is CCN(Cc1ccoc1)c1cnn(C)c(=O)c1Br. The molecule has 0 saturated heterocycles. The molecular weight excluding hydrogens is 298 g/mol. The Morgan fingerprint density at radius 3 is 2.94 bits per heavy atom. The third-order valence-corrected chi connectivity index (χ3v) is 3.48.